The molecular formula is C2H15AlMgO7Si. The van der Waals surface area contributed by atoms with Gasteiger partial charge in [0.1, 0.15) is 0 Å². The van der Waals surface area contributed by atoms with E-state index in [1.165, 1.54) is 0 Å². The molecule has 0 unspecified atom stereocenters. The van der Waals surface area contributed by atoms with Gasteiger partial charge in [0.2, 0.25) is 0 Å². The lowest BCUT2D eigenvalue weighted by atomic mass is 11.5. The number of carboxylic acid groups (broad SMARTS) is 4. The van der Waals surface area contributed by atoms with Gasteiger partial charge in [0.05, 0.1) is 0 Å². The molecule has 0 aromatic carbocycles. The molecule has 0 aromatic heterocycles. The van der Waals surface area contributed by atoms with Crippen molar-refractivity contribution in [3.63, 3.8) is 0 Å². The average Bonchev–Trinajstić information content (AvgIpc) is 1.25. The Hall–Kier alpha value is 0.0156. The minimum atomic E-state index is -1.83. The van der Waals surface area contributed by atoms with Crippen LogP contribution in [-0.4, -0.2) is 89.6 Å². The van der Waals surface area contributed by atoms with Gasteiger partial charge in [0.25, 0.3) is 0 Å². The standard InChI is InChI=1S/2CH2O3.Al.Mg.H2O.H4Si.5H/c2*2-1(3)4;;;;;;;;;/h2*(H2,2,3,4);;;1H2;1H4;;;;;. The van der Waals surface area contributed by atoms with Gasteiger partial charge in [-0.25, -0.2) is 9.59 Å². The molecule has 0 atom stereocenters. The Morgan fingerprint density at radius 1 is 0.833 bits per heavy atom. The van der Waals surface area contributed by atoms with E-state index in [0.29, 0.717) is 0 Å². The van der Waals surface area contributed by atoms with Crippen molar-refractivity contribution in [3.8, 4) is 0 Å². The van der Waals surface area contributed by atoms with Gasteiger partial charge in [-0.15, -0.1) is 0 Å². The maximum absolute atomic E-state index is 8.56. The Labute approximate surface area is 99.0 Å². The molecule has 0 aromatic rings. The summed E-state index contributed by atoms with van der Waals surface area (Å²) in [5.41, 5.74) is 0. The number of rotatable bonds is 0. The predicted molar refractivity (Wildman–Crippen MR) is 54.7 cm³/mol. The molecule has 0 rings (SSSR count). The molecule has 0 radical (unpaired) electrons. The van der Waals surface area contributed by atoms with E-state index >= 15 is 0 Å². The first-order chi connectivity index (χ1) is 3.46. The summed E-state index contributed by atoms with van der Waals surface area (Å²) in [5.74, 6) is 0. The first kappa shape index (κ1) is 40.3. The molecule has 0 saturated heterocycles. The van der Waals surface area contributed by atoms with Crippen LogP contribution in [-0.2, 0) is 0 Å². The summed E-state index contributed by atoms with van der Waals surface area (Å²) < 4.78 is 0. The Bertz CT molecular complexity index is 79.4. The maximum Gasteiger partial charge on any atom is 0.503 e. The fourth-order valence-corrected chi connectivity index (χ4v) is 0. The minimum Gasteiger partial charge on any atom is -0.450 e. The van der Waals surface area contributed by atoms with E-state index in [1.54, 1.807) is 0 Å². The van der Waals surface area contributed by atoms with Gasteiger partial charge in [0, 0.05) is 0 Å². The SMILES string of the molecule is O.O=C(O)O.O=C(O)O.[AlH3].[MgH2].[SiH4]. The summed E-state index contributed by atoms with van der Waals surface area (Å²) in [6.45, 7) is 0. The Morgan fingerprint density at radius 3 is 0.833 bits per heavy atom. The highest BCUT2D eigenvalue weighted by Gasteiger charge is 1.70. The van der Waals surface area contributed by atoms with E-state index in [4.69, 9.17) is 30.0 Å². The largest absolute Gasteiger partial charge is 0.503 e. The van der Waals surface area contributed by atoms with Crippen LogP contribution in [0.3, 0.4) is 0 Å². The Balaban J connectivity index is -0.0000000112. The molecule has 0 aliphatic rings. The van der Waals surface area contributed by atoms with E-state index in [-0.39, 0.29) is 56.9 Å². The lowest BCUT2D eigenvalue weighted by molar-refractivity contribution is 0.135. The summed E-state index contributed by atoms with van der Waals surface area (Å²) in [7, 11) is 0. The van der Waals surface area contributed by atoms with Crippen LogP contribution in [0.25, 0.3) is 0 Å². The van der Waals surface area contributed by atoms with E-state index in [9.17, 15) is 0 Å². The fraction of sp³-hybridized carbons (Fsp3) is 0. The van der Waals surface area contributed by atoms with Crippen molar-refractivity contribution in [2.45, 2.75) is 0 Å². The predicted octanol–water partition coefficient (Wildman–Crippen LogP) is -3.93. The van der Waals surface area contributed by atoms with Crippen LogP contribution in [0.5, 0.6) is 0 Å². The number of carbonyl (C=O) groups is 2. The molecule has 74 valence electrons. The Kier molecular flexibility index (Phi) is 103. The monoisotopic (exact) mass is 230 g/mol. The highest BCUT2D eigenvalue weighted by molar-refractivity contribution is 5.76. The van der Waals surface area contributed by atoms with E-state index in [0.717, 1.165) is 0 Å². The summed E-state index contributed by atoms with van der Waals surface area (Å²) >= 11 is 0. The second-order valence-electron chi connectivity index (χ2n) is 0.565. The maximum atomic E-state index is 8.56. The molecule has 0 saturated carbocycles. The van der Waals surface area contributed by atoms with Crippen molar-refractivity contribution in [3.05, 3.63) is 0 Å². The molecule has 7 nitrogen and oxygen atoms in total. The molecular weight excluding hydrogens is 215 g/mol. The zero-order valence-electron chi connectivity index (χ0n) is 4.11. The molecule has 0 spiro atoms. The highest BCUT2D eigenvalue weighted by Crippen LogP contribution is 1.43. The van der Waals surface area contributed by atoms with E-state index < -0.39 is 12.3 Å². The van der Waals surface area contributed by atoms with E-state index in [2.05, 4.69) is 0 Å². The first-order valence-corrected chi connectivity index (χ1v) is 1.30. The van der Waals surface area contributed by atoms with Crippen LogP contribution in [0.2, 0.25) is 0 Å². The van der Waals surface area contributed by atoms with Gasteiger partial charge in [-0.1, -0.05) is 0 Å². The van der Waals surface area contributed by atoms with Crippen molar-refractivity contribution in [1.82, 2.24) is 0 Å². The van der Waals surface area contributed by atoms with Crippen LogP contribution >= 0.6 is 0 Å². The van der Waals surface area contributed by atoms with Gasteiger partial charge < -0.3 is 25.9 Å². The first-order valence-electron chi connectivity index (χ1n) is 1.30. The minimum absolute atomic E-state index is 0. The third-order valence-electron chi connectivity index (χ3n) is 0. The van der Waals surface area contributed by atoms with Gasteiger partial charge in [-0.3, -0.25) is 0 Å². The lowest BCUT2D eigenvalue weighted by Crippen LogP contribution is -1.81. The van der Waals surface area contributed by atoms with Crippen molar-refractivity contribution in [2.75, 3.05) is 0 Å². The molecule has 6 N–H and O–H groups in total. The van der Waals surface area contributed by atoms with Gasteiger partial charge in [-0.2, -0.15) is 0 Å². The molecule has 0 fully saturated rings. The average molecular weight is 231 g/mol. The third kappa shape index (κ3) is 3350000. The smallest absolute Gasteiger partial charge is 0.450 e. The van der Waals surface area contributed by atoms with Crippen LogP contribution < -0.4 is 0 Å². The molecule has 0 aliphatic carbocycles. The van der Waals surface area contributed by atoms with Crippen molar-refractivity contribution < 1.29 is 35.5 Å². The number of hydrogen-bond acceptors (Lipinski definition) is 2. The highest BCUT2D eigenvalue weighted by atomic mass is 28.1. The molecule has 12 heavy (non-hydrogen) atoms. The second kappa shape index (κ2) is 30.5. The number of hydrogen-bond donors (Lipinski definition) is 4. The lowest BCUT2D eigenvalue weighted by Gasteiger charge is -1.60. The molecule has 10 heteroatoms. The fourth-order valence-electron chi connectivity index (χ4n) is 0. The molecule has 0 heterocycles. The van der Waals surface area contributed by atoms with E-state index in [1.807, 2.05) is 0 Å². The van der Waals surface area contributed by atoms with Crippen molar-refractivity contribution in [2.24, 2.45) is 0 Å². The van der Waals surface area contributed by atoms with Crippen molar-refractivity contribution in [1.29, 1.82) is 0 Å². The Morgan fingerprint density at radius 2 is 0.833 bits per heavy atom. The summed E-state index contributed by atoms with van der Waals surface area (Å²) in [4.78, 5) is 17.1. The van der Waals surface area contributed by atoms with Crippen LogP contribution in [0.1, 0.15) is 0 Å². The van der Waals surface area contributed by atoms with Crippen LogP contribution in [0.15, 0.2) is 0 Å². The van der Waals surface area contributed by atoms with Gasteiger partial charge in [0.15, 0.2) is 17.4 Å². The zero-order valence-corrected chi connectivity index (χ0v) is 4.11. The topological polar surface area (TPSA) is 147 Å². The van der Waals surface area contributed by atoms with Crippen LogP contribution in [0.4, 0.5) is 9.59 Å². The van der Waals surface area contributed by atoms with Gasteiger partial charge >= 0.3 is 35.4 Å². The molecule has 0 amide bonds. The summed E-state index contributed by atoms with van der Waals surface area (Å²) in [5, 5.41) is 27.9. The van der Waals surface area contributed by atoms with Crippen molar-refractivity contribution >= 4 is 63.7 Å². The third-order valence-corrected chi connectivity index (χ3v) is 0. The summed E-state index contributed by atoms with van der Waals surface area (Å²) in [6, 6.07) is 0. The molecule has 0 aliphatic heterocycles. The normalized spacial score (nSPS) is 4.00. The molecule has 0 bridgehead atoms. The summed E-state index contributed by atoms with van der Waals surface area (Å²) in [6.07, 6.45) is -3.67. The van der Waals surface area contributed by atoms with Gasteiger partial charge in [-0.05, 0) is 11.0 Å². The van der Waals surface area contributed by atoms with Crippen LogP contribution in [0, 0.1) is 0 Å². The quantitative estimate of drug-likeness (QED) is 0.313. The zero-order chi connectivity index (χ0) is 7.15. The second-order valence-corrected chi connectivity index (χ2v) is 0.565.